The first kappa shape index (κ1) is 23.7. The van der Waals surface area contributed by atoms with E-state index in [2.05, 4.69) is 10.6 Å². The molecule has 3 rings (SSSR count). The summed E-state index contributed by atoms with van der Waals surface area (Å²) >= 11 is 0. The predicted molar refractivity (Wildman–Crippen MR) is 120 cm³/mol. The molecular weight excluding hydrogens is 430 g/mol. The number of ether oxygens (including phenoxy) is 1. The van der Waals surface area contributed by atoms with Gasteiger partial charge in [0.1, 0.15) is 11.8 Å². The molecule has 0 aliphatic carbocycles. The minimum absolute atomic E-state index is 0.0958. The van der Waals surface area contributed by atoms with Crippen LogP contribution in [0.3, 0.4) is 0 Å². The fourth-order valence-electron chi connectivity index (χ4n) is 3.70. The number of piperidine rings is 1. The van der Waals surface area contributed by atoms with Crippen molar-refractivity contribution >= 4 is 21.8 Å². The van der Waals surface area contributed by atoms with E-state index in [9.17, 15) is 18.0 Å². The highest BCUT2D eigenvalue weighted by atomic mass is 32.2. The lowest BCUT2D eigenvalue weighted by atomic mass is 9.98. The fraction of sp³-hybridized carbons (Fsp3) is 0.391. The maximum atomic E-state index is 12.9. The molecule has 2 aromatic rings. The highest BCUT2D eigenvalue weighted by Gasteiger charge is 2.34. The molecule has 8 nitrogen and oxygen atoms in total. The summed E-state index contributed by atoms with van der Waals surface area (Å²) in [6.07, 6.45) is 1.15. The summed E-state index contributed by atoms with van der Waals surface area (Å²) < 4.78 is 32.4. The molecule has 0 saturated carbocycles. The van der Waals surface area contributed by atoms with Gasteiger partial charge in [-0.15, -0.1) is 0 Å². The third-order valence-electron chi connectivity index (χ3n) is 5.53. The number of para-hydroxylation sites is 1. The molecule has 2 N–H and O–H groups in total. The summed E-state index contributed by atoms with van der Waals surface area (Å²) in [4.78, 5) is 25.4. The topological polar surface area (TPSA) is 105 Å². The lowest BCUT2D eigenvalue weighted by Gasteiger charge is -2.31. The van der Waals surface area contributed by atoms with Gasteiger partial charge in [-0.1, -0.05) is 36.4 Å². The molecule has 1 fully saturated rings. The van der Waals surface area contributed by atoms with E-state index in [1.165, 1.54) is 4.31 Å². The quantitative estimate of drug-likeness (QED) is 0.628. The van der Waals surface area contributed by atoms with Crippen molar-refractivity contribution in [2.75, 3.05) is 20.2 Å². The predicted octanol–water partition coefficient (Wildman–Crippen LogP) is 1.92. The van der Waals surface area contributed by atoms with Crippen LogP contribution in [0.1, 0.15) is 25.3 Å². The van der Waals surface area contributed by atoms with Gasteiger partial charge < -0.3 is 15.4 Å². The van der Waals surface area contributed by atoms with Crippen LogP contribution in [0, 0.1) is 5.92 Å². The van der Waals surface area contributed by atoms with Crippen molar-refractivity contribution in [3.05, 3.63) is 60.2 Å². The number of nitrogens with one attached hydrogen (secondary N) is 2. The number of sulfonamides is 1. The zero-order chi connectivity index (χ0) is 23.1. The Bertz CT molecular complexity index is 1040. The molecule has 0 aromatic heterocycles. The maximum Gasteiger partial charge on any atom is 0.243 e. The summed E-state index contributed by atoms with van der Waals surface area (Å²) in [5.74, 6) is -0.482. The Morgan fingerprint density at radius 2 is 1.81 bits per heavy atom. The normalized spacial score (nSPS) is 17.9. The number of hydrogen-bond acceptors (Lipinski definition) is 5. The molecule has 2 aromatic carbocycles. The van der Waals surface area contributed by atoms with Crippen LogP contribution in [0.5, 0.6) is 5.75 Å². The minimum Gasteiger partial charge on any atom is -0.496 e. The highest BCUT2D eigenvalue weighted by Crippen LogP contribution is 2.24. The summed E-state index contributed by atoms with van der Waals surface area (Å²) in [5.41, 5.74) is 0.830. The van der Waals surface area contributed by atoms with Crippen molar-refractivity contribution in [2.45, 2.75) is 37.2 Å². The second-order valence-corrected chi connectivity index (χ2v) is 9.71. The van der Waals surface area contributed by atoms with E-state index in [0.29, 0.717) is 25.1 Å². The van der Waals surface area contributed by atoms with Crippen LogP contribution in [-0.2, 0) is 26.2 Å². The Labute approximate surface area is 189 Å². The number of hydrogen-bond donors (Lipinski definition) is 2. The van der Waals surface area contributed by atoms with Crippen LogP contribution < -0.4 is 15.4 Å². The SMILES string of the molecule is COc1ccccc1CNC(=O)C(C)NC(=O)C1CCCN(S(=O)(=O)c2ccccc2)C1. The lowest BCUT2D eigenvalue weighted by Crippen LogP contribution is -2.50. The first-order chi connectivity index (χ1) is 15.3. The number of nitrogens with zero attached hydrogens (tertiary/aromatic N) is 1. The molecule has 0 bridgehead atoms. The number of carbonyl (C=O) groups is 2. The van der Waals surface area contributed by atoms with Crippen LogP contribution >= 0.6 is 0 Å². The van der Waals surface area contributed by atoms with Crippen LogP contribution in [0.4, 0.5) is 0 Å². The Balaban J connectivity index is 1.56. The second-order valence-electron chi connectivity index (χ2n) is 7.78. The molecule has 9 heteroatoms. The molecule has 1 aliphatic rings. The minimum atomic E-state index is -3.66. The summed E-state index contributed by atoms with van der Waals surface area (Å²) in [7, 11) is -2.09. The van der Waals surface area contributed by atoms with Gasteiger partial charge in [-0.2, -0.15) is 4.31 Å². The number of rotatable bonds is 8. The van der Waals surface area contributed by atoms with Gasteiger partial charge in [-0.25, -0.2) is 8.42 Å². The van der Waals surface area contributed by atoms with Gasteiger partial charge in [0.05, 0.1) is 17.9 Å². The Hall–Kier alpha value is -2.91. The second kappa shape index (κ2) is 10.6. The lowest BCUT2D eigenvalue weighted by molar-refractivity contribution is -0.131. The van der Waals surface area contributed by atoms with E-state index in [-0.39, 0.29) is 29.8 Å². The third-order valence-corrected chi connectivity index (χ3v) is 7.41. The molecule has 2 atom stereocenters. The summed E-state index contributed by atoms with van der Waals surface area (Å²) in [6.45, 7) is 2.35. The van der Waals surface area contributed by atoms with Crippen molar-refractivity contribution in [1.82, 2.24) is 14.9 Å². The van der Waals surface area contributed by atoms with E-state index < -0.39 is 22.0 Å². The molecule has 1 heterocycles. The van der Waals surface area contributed by atoms with Crippen LogP contribution in [-0.4, -0.2) is 50.8 Å². The van der Waals surface area contributed by atoms with Crippen molar-refractivity contribution in [2.24, 2.45) is 5.92 Å². The third kappa shape index (κ3) is 5.66. The van der Waals surface area contributed by atoms with Crippen LogP contribution in [0.25, 0.3) is 0 Å². The van der Waals surface area contributed by atoms with Gasteiger partial charge in [0.2, 0.25) is 21.8 Å². The van der Waals surface area contributed by atoms with Gasteiger partial charge in [0.25, 0.3) is 0 Å². The smallest absolute Gasteiger partial charge is 0.243 e. The average molecular weight is 460 g/mol. The molecule has 0 spiro atoms. The van der Waals surface area contributed by atoms with Gasteiger partial charge in [-0.05, 0) is 38.0 Å². The highest BCUT2D eigenvalue weighted by molar-refractivity contribution is 7.89. The van der Waals surface area contributed by atoms with Crippen molar-refractivity contribution < 1.29 is 22.7 Å². The van der Waals surface area contributed by atoms with Crippen molar-refractivity contribution in [1.29, 1.82) is 0 Å². The largest absolute Gasteiger partial charge is 0.496 e. The monoisotopic (exact) mass is 459 g/mol. The van der Waals surface area contributed by atoms with Gasteiger partial charge in [0.15, 0.2) is 0 Å². The van der Waals surface area contributed by atoms with E-state index in [1.54, 1.807) is 44.4 Å². The molecule has 172 valence electrons. The van der Waals surface area contributed by atoms with Crippen molar-refractivity contribution in [3.63, 3.8) is 0 Å². The summed E-state index contributed by atoms with van der Waals surface area (Å²) in [6, 6.07) is 14.8. The molecule has 2 amide bonds. The number of carbonyl (C=O) groups excluding carboxylic acids is 2. The van der Waals surface area contributed by atoms with Crippen LogP contribution in [0.2, 0.25) is 0 Å². The number of methoxy groups -OCH3 is 1. The zero-order valence-electron chi connectivity index (χ0n) is 18.3. The Kier molecular flexibility index (Phi) is 7.87. The number of amides is 2. The maximum absolute atomic E-state index is 12.9. The molecule has 32 heavy (non-hydrogen) atoms. The van der Waals surface area contributed by atoms with Crippen molar-refractivity contribution in [3.8, 4) is 5.75 Å². The van der Waals surface area contributed by atoms with Gasteiger partial charge in [0, 0.05) is 25.2 Å². The molecule has 1 saturated heterocycles. The first-order valence-corrected chi connectivity index (χ1v) is 12.0. The van der Waals surface area contributed by atoms with Gasteiger partial charge in [-0.3, -0.25) is 9.59 Å². The van der Waals surface area contributed by atoms with E-state index >= 15 is 0 Å². The zero-order valence-corrected chi connectivity index (χ0v) is 19.1. The van der Waals surface area contributed by atoms with Gasteiger partial charge >= 0.3 is 0 Å². The molecule has 1 aliphatic heterocycles. The van der Waals surface area contributed by atoms with E-state index in [1.807, 2.05) is 24.3 Å². The first-order valence-electron chi connectivity index (χ1n) is 10.6. The summed E-state index contributed by atoms with van der Waals surface area (Å²) in [5, 5.41) is 5.52. The standard InChI is InChI=1S/C23H29N3O5S/c1-17(22(27)24-15-18-9-6-7-13-21(18)31-2)25-23(28)19-10-8-14-26(16-19)32(29,30)20-11-4-3-5-12-20/h3-7,9,11-13,17,19H,8,10,14-16H2,1-2H3,(H,24,27)(H,25,28). The van der Waals surface area contributed by atoms with Crippen LogP contribution in [0.15, 0.2) is 59.5 Å². The Morgan fingerprint density at radius 1 is 1.12 bits per heavy atom. The molecule has 2 unspecified atom stereocenters. The molecular formula is C23H29N3O5S. The van der Waals surface area contributed by atoms with E-state index in [4.69, 9.17) is 4.74 Å². The van der Waals surface area contributed by atoms with E-state index in [0.717, 1.165) is 5.56 Å². The average Bonchev–Trinajstić information content (AvgIpc) is 2.83. The fourth-order valence-corrected chi connectivity index (χ4v) is 5.24. The number of benzene rings is 2. The Morgan fingerprint density at radius 3 is 2.53 bits per heavy atom. The molecule has 0 radical (unpaired) electrons.